The molecule has 20 heavy (non-hydrogen) atoms. The minimum Gasteiger partial charge on any atom is -0.416 e. The van der Waals surface area contributed by atoms with Crippen molar-refractivity contribution in [2.75, 3.05) is 0 Å². The summed E-state index contributed by atoms with van der Waals surface area (Å²) >= 11 is 9.36. The molecule has 0 fully saturated rings. The van der Waals surface area contributed by atoms with Crippen molar-refractivity contribution in [3.63, 3.8) is 0 Å². The molecule has 1 unspecified atom stereocenters. The predicted molar refractivity (Wildman–Crippen MR) is 78.7 cm³/mol. The van der Waals surface area contributed by atoms with E-state index in [0.717, 1.165) is 5.56 Å². The Morgan fingerprint density at radius 3 is 2.65 bits per heavy atom. The summed E-state index contributed by atoms with van der Waals surface area (Å²) in [5.41, 5.74) is 2.02. The summed E-state index contributed by atoms with van der Waals surface area (Å²) in [6.07, 6.45) is 1.51. The number of alkyl halides is 3. The molecular weight excluding hydrogens is 352 g/mol. The van der Waals surface area contributed by atoms with Crippen LogP contribution in [-0.4, -0.2) is 11.6 Å². The number of halogens is 4. The fourth-order valence-electron chi connectivity index (χ4n) is 1.73. The summed E-state index contributed by atoms with van der Waals surface area (Å²) in [6, 6.07) is 8.66. The molecule has 2 aromatic rings. The summed E-state index contributed by atoms with van der Waals surface area (Å²) in [7, 11) is 0. The minimum atomic E-state index is -2.92. The molecule has 0 N–H and O–H groups in total. The third-order valence-electron chi connectivity index (χ3n) is 2.67. The van der Waals surface area contributed by atoms with Crippen molar-refractivity contribution in [3.05, 3.63) is 47.1 Å². The van der Waals surface area contributed by atoms with Crippen LogP contribution in [0.25, 0.3) is 11.1 Å². The third-order valence-corrected chi connectivity index (χ3v) is 3.43. The molecule has 1 heterocycles. The smallest absolute Gasteiger partial charge is 0.388 e. The lowest BCUT2D eigenvalue weighted by atomic mass is 10.0. The van der Waals surface area contributed by atoms with E-state index in [9.17, 15) is 8.78 Å². The first-order valence-corrected chi connectivity index (χ1v) is 7.11. The molecule has 1 aromatic carbocycles. The highest BCUT2D eigenvalue weighted by Crippen LogP contribution is 2.34. The third kappa shape index (κ3) is 3.67. The SMILES string of the molecule is CC(Br)c1cnc(OC(F)F)c(-c2cccc(Cl)c2)c1. The van der Waals surface area contributed by atoms with Crippen LogP contribution in [0.4, 0.5) is 8.78 Å². The van der Waals surface area contributed by atoms with Gasteiger partial charge in [0, 0.05) is 21.6 Å². The summed E-state index contributed by atoms with van der Waals surface area (Å²) in [5.74, 6) is -0.112. The molecule has 1 atom stereocenters. The van der Waals surface area contributed by atoms with E-state index in [0.29, 0.717) is 16.1 Å². The van der Waals surface area contributed by atoms with Gasteiger partial charge in [0.15, 0.2) is 0 Å². The van der Waals surface area contributed by atoms with Crippen molar-refractivity contribution < 1.29 is 13.5 Å². The van der Waals surface area contributed by atoms with Crippen LogP contribution in [-0.2, 0) is 0 Å². The molecule has 2 nitrogen and oxygen atoms in total. The molecule has 0 aliphatic rings. The molecule has 0 bridgehead atoms. The summed E-state index contributed by atoms with van der Waals surface area (Å²) in [6.45, 7) is -1.00. The Balaban J connectivity index is 2.54. The van der Waals surface area contributed by atoms with E-state index in [-0.39, 0.29) is 10.7 Å². The normalized spacial score (nSPS) is 12.5. The van der Waals surface area contributed by atoms with Gasteiger partial charge < -0.3 is 4.74 Å². The van der Waals surface area contributed by atoms with Crippen LogP contribution >= 0.6 is 27.5 Å². The number of hydrogen-bond donors (Lipinski definition) is 0. The standard InChI is InChI=1S/C14H11BrClF2NO/c1-8(15)10-6-12(9-3-2-4-11(16)5-9)13(19-7-10)20-14(17)18/h2-8,14H,1H3. The predicted octanol–water partition coefficient (Wildman–Crippen LogP) is 5.46. The minimum absolute atomic E-state index is 0.0496. The Morgan fingerprint density at radius 2 is 2.05 bits per heavy atom. The molecular formula is C14H11BrClF2NO. The van der Waals surface area contributed by atoms with Crippen LogP contribution in [0.15, 0.2) is 36.5 Å². The maximum atomic E-state index is 12.5. The summed E-state index contributed by atoms with van der Waals surface area (Å²) < 4.78 is 29.4. The molecule has 0 aliphatic carbocycles. The van der Waals surface area contributed by atoms with Crippen LogP contribution in [0, 0.1) is 0 Å². The molecule has 2 rings (SSSR count). The van der Waals surface area contributed by atoms with Gasteiger partial charge in [-0.05, 0) is 36.2 Å². The Labute approximate surface area is 128 Å². The van der Waals surface area contributed by atoms with Crippen molar-refractivity contribution in [2.45, 2.75) is 18.4 Å². The van der Waals surface area contributed by atoms with Gasteiger partial charge in [-0.25, -0.2) is 4.98 Å². The largest absolute Gasteiger partial charge is 0.416 e. The number of pyridine rings is 1. The number of nitrogens with zero attached hydrogens (tertiary/aromatic N) is 1. The second-order valence-corrected chi connectivity index (χ2v) is 5.94. The Kier molecular flexibility index (Phi) is 4.94. The van der Waals surface area contributed by atoms with Gasteiger partial charge in [0.2, 0.25) is 5.88 Å². The lowest BCUT2D eigenvalue weighted by Crippen LogP contribution is -2.05. The highest BCUT2D eigenvalue weighted by Gasteiger charge is 2.15. The fraction of sp³-hybridized carbons (Fsp3) is 0.214. The van der Waals surface area contributed by atoms with Gasteiger partial charge in [-0.3, -0.25) is 0 Å². The number of ether oxygens (including phenoxy) is 1. The van der Waals surface area contributed by atoms with Gasteiger partial charge in [0.25, 0.3) is 0 Å². The average Bonchev–Trinajstić information content (AvgIpc) is 2.38. The Hall–Kier alpha value is -1.20. The topological polar surface area (TPSA) is 22.1 Å². The number of aromatic nitrogens is 1. The number of hydrogen-bond acceptors (Lipinski definition) is 2. The molecule has 0 saturated carbocycles. The Bertz CT molecular complexity index is 607. The van der Waals surface area contributed by atoms with Crippen molar-refractivity contribution in [1.29, 1.82) is 0 Å². The van der Waals surface area contributed by atoms with Crippen molar-refractivity contribution in [3.8, 4) is 17.0 Å². The molecule has 6 heteroatoms. The van der Waals surface area contributed by atoms with E-state index < -0.39 is 6.61 Å². The fourth-order valence-corrected chi connectivity index (χ4v) is 2.17. The summed E-state index contributed by atoms with van der Waals surface area (Å²) in [4.78, 5) is 4.02. The molecule has 0 aliphatic heterocycles. The lowest BCUT2D eigenvalue weighted by Gasteiger charge is -2.13. The van der Waals surface area contributed by atoms with Crippen LogP contribution < -0.4 is 4.74 Å². The lowest BCUT2D eigenvalue weighted by molar-refractivity contribution is -0.0524. The second-order valence-electron chi connectivity index (χ2n) is 4.13. The molecule has 0 spiro atoms. The van der Waals surface area contributed by atoms with Crippen LogP contribution in [0.3, 0.4) is 0 Å². The van der Waals surface area contributed by atoms with E-state index >= 15 is 0 Å². The first-order chi connectivity index (χ1) is 9.47. The van der Waals surface area contributed by atoms with Crippen LogP contribution in [0.1, 0.15) is 17.3 Å². The maximum absolute atomic E-state index is 12.5. The zero-order valence-electron chi connectivity index (χ0n) is 10.5. The van der Waals surface area contributed by atoms with Gasteiger partial charge in [-0.1, -0.05) is 39.7 Å². The van der Waals surface area contributed by atoms with Crippen LogP contribution in [0.5, 0.6) is 5.88 Å². The van der Waals surface area contributed by atoms with Gasteiger partial charge in [-0.2, -0.15) is 8.78 Å². The zero-order chi connectivity index (χ0) is 14.7. The highest BCUT2D eigenvalue weighted by molar-refractivity contribution is 9.09. The van der Waals surface area contributed by atoms with Crippen molar-refractivity contribution >= 4 is 27.5 Å². The quantitative estimate of drug-likeness (QED) is 0.674. The number of benzene rings is 1. The monoisotopic (exact) mass is 361 g/mol. The van der Waals surface area contributed by atoms with E-state index in [1.165, 1.54) is 6.20 Å². The van der Waals surface area contributed by atoms with Gasteiger partial charge in [0.1, 0.15) is 0 Å². The van der Waals surface area contributed by atoms with Crippen molar-refractivity contribution in [2.24, 2.45) is 0 Å². The van der Waals surface area contributed by atoms with Crippen LogP contribution in [0.2, 0.25) is 5.02 Å². The van der Waals surface area contributed by atoms with E-state index in [4.69, 9.17) is 11.6 Å². The Morgan fingerprint density at radius 1 is 1.30 bits per heavy atom. The van der Waals surface area contributed by atoms with Gasteiger partial charge >= 0.3 is 6.61 Å². The zero-order valence-corrected chi connectivity index (χ0v) is 12.8. The first-order valence-electron chi connectivity index (χ1n) is 5.82. The van der Waals surface area contributed by atoms with E-state index in [1.807, 2.05) is 6.92 Å². The highest BCUT2D eigenvalue weighted by atomic mass is 79.9. The van der Waals surface area contributed by atoms with E-state index in [2.05, 4.69) is 25.7 Å². The molecule has 0 saturated heterocycles. The van der Waals surface area contributed by atoms with Crippen molar-refractivity contribution in [1.82, 2.24) is 4.98 Å². The van der Waals surface area contributed by atoms with Gasteiger partial charge in [0.05, 0.1) is 0 Å². The second kappa shape index (κ2) is 6.50. The van der Waals surface area contributed by atoms with Gasteiger partial charge in [-0.15, -0.1) is 0 Å². The van der Waals surface area contributed by atoms with E-state index in [1.54, 1.807) is 30.3 Å². The maximum Gasteiger partial charge on any atom is 0.388 e. The summed E-state index contributed by atoms with van der Waals surface area (Å²) in [5, 5.41) is 0.516. The average molecular weight is 363 g/mol. The first kappa shape index (κ1) is 15.2. The molecule has 1 aromatic heterocycles. The molecule has 0 radical (unpaired) electrons. The number of rotatable bonds is 4. The molecule has 106 valence electrons. The molecule has 0 amide bonds.